The smallest absolute Gasteiger partial charge is 0.335 e. The predicted molar refractivity (Wildman–Crippen MR) is 125 cm³/mol. The Balaban J connectivity index is 1.69. The van der Waals surface area contributed by atoms with Crippen molar-refractivity contribution < 1.29 is 23.1 Å². The highest BCUT2D eigenvalue weighted by molar-refractivity contribution is 7.89. The van der Waals surface area contributed by atoms with Gasteiger partial charge in [-0.1, -0.05) is 23.8 Å². The fraction of sp³-hybridized carbons (Fsp3) is 0.375. The van der Waals surface area contributed by atoms with Crippen molar-refractivity contribution >= 4 is 21.7 Å². The Morgan fingerprint density at radius 3 is 2.50 bits per heavy atom. The average molecular weight is 459 g/mol. The van der Waals surface area contributed by atoms with E-state index in [-0.39, 0.29) is 17.0 Å². The van der Waals surface area contributed by atoms with Crippen molar-refractivity contribution in [2.24, 2.45) is 0 Å². The maximum Gasteiger partial charge on any atom is 0.335 e. The fourth-order valence-corrected chi connectivity index (χ4v) is 4.95. The van der Waals surface area contributed by atoms with Crippen LogP contribution in [0.4, 0.5) is 5.69 Å². The molecule has 0 radical (unpaired) electrons. The molecule has 172 valence electrons. The van der Waals surface area contributed by atoms with E-state index in [9.17, 15) is 18.3 Å². The van der Waals surface area contributed by atoms with Crippen LogP contribution in [-0.2, 0) is 16.4 Å². The van der Waals surface area contributed by atoms with E-state index in [2.05, 4.69) is 16.1 Å². The number of methoxy groups -OCH3 is 1. The van der Waals surface area contributed by atoms with Crippen molar-refractivity contribution in [3.63, 3.8) is 0 Å². The molecule has 1 aliphatic carbocycles. The lowest BCUT2D eigenvalue weighted by Gasteiger charge is -2.16. The van der Waals surface area contributed by atoms with Crippen LogP contribution >= 0.6 is 0 Å². The number of hydrogen-bond donors (Lipinski definition) is 3. The Morgan fingerprint density at radius 2 is 1.84 bits per heavy atom. The molecule has 32 heavy (non-hydrogen) atoms. The third-order valence-electron chi connectivity index (χ3n) is 5.53. The van der Waals surface area contributed by atoms with E-state index in [0.29, 0.717) is 18.7 Å². The summed E-state index contributed by atoms with van der Waals surface area (Å²) in [5.74, 6) is -0.432. The molecule has 0 heterocycles. The van der Waals surface area contributed by atoms with Gasteiger partial charge in [0.05, 0.1) is 18.4 Å². The van der Waals surface area contributed by atoms with Crippen LogP contribution in [0.2, 0.25) is 0 Å². The van der Waals surface area contributed by atoms with Gasteiger partial charge in [0.15, 0.2) is 0 Å². The standard InChI is InChI=1S/C24H30N2O5S/c1-31-21-10-7-19(8-11-21)14-16-26-32(29,30)23-17-20(24(27)28)9-12-22(23)25-15-13-18-5-3-2-4-6-18/h5,7-12,17,25-26H,2-4,6,13-16H2,1H3,(H,27,28). The topological polar surface area (TPSA) is 105 Å². The van der Waals surface area contributed by atoms with E-state index >= 15 is 0 Å². The lowest BCUT2D eigenvalue weighted by molar-refractivity contribution is 0.0696. The molecular formula is C24H30N2O5S. The van der Waals surface area contributed by atoms with Gasteiger partial charge in [-0.3, -0.25) is 0 Å². The highest BCUT2D eigenvalue weighted by atomic mass is 32.2. The van der Waals surface area contributed by atoms with Crippen LogP contribution in [0.5, 0.6) is 5.75 Å². The summed E-state index contributed by atoms with van der Waals surface area (Å²) >= 11 is 0. The van der Waals surface area contributed by atoms with E-state index in [1.165, 1.54) is 36.6 Å². The van der Waals surface area contributed by atoms with Crippen LogP contribution in [0, 0.1) is 0 Å². The zero-order chi connectivity index (χ0) is 23.0. The molecule has 0 saturated heterocycles. The molecule has 0 aromatic heterocycles. The van der Waals surface area contributed by atoms with Crippen LogP contribution in [0.1, 0.15) is 48.0 Å². The molecule has 2 aromatic carbocycles. The van der Waals surface area contributed by atoms with Gasteiger partial charge in [0, 0.05) is 13.1 Å². The zero-order valence-corrected chi connectivity index (χ0v) is 19.1. The number of allylic oxidation sites excluding steroid dienone is 1. The number of nitrogens with one attached hydrogen (secondary N) is 2. The second-order valence-corrected chi connectivity index (χ2v) is 9.53. The minimum atomic E-state index is -3.90. The quantitative estimate of drug-likeness (QED) is 0.436. The number of benzene rings is 2. The number of carbonyl (C=O) groups is 1. The summed E-state index contributed by atoms with van der Waals surface area (Å²) in [5, 5.41) is 12.5. The third kappa shape index (κ3) is 6.58. The number of hydrogen-bond acceptors (Lipinski definition) is 5. The van der Waals surface area contributed by atoms with Crippen molar-refractivity contribution in [1.29, 1.82) is 0 Å². The summed E-state index contributed by atoms with van der Waals surface area (Å²) < 4.78 is 33.7. The van der Waals surface area contributed by atoms with E-state index < -0.39 is 16.0 Å². The normalized spacial score (nSPS) is 14.0. The first kappa shape index (κ1) is 23.8. The Kier molecular flexibility index (Phi) is 8.30. The Hall–Kier alpha value is -2.84. The minimum Gasteiger partial charge on any atom is -0.497 e. The Morgan fingerprint density at radius 1 is 1.06 bits per heavy atom. The molecular weight excluding hydrogens is 428 g/mol. The van der Waals surface area contributed by atoms with Gasteiger partial charge in [-0.25, -0.2) is 17.9 Å². The summed E-state index contributed by atoms with van der Waals surface area (Å²) in [4.78, 5) is 11.4. The van der Waals surface area contributed by atoms with Gasteiger partial charge in [-0.2, -0.15) is 0 Å². The molecule has 0 saturated carbocycles. The van der Waals surface area contributed by atoms with Crippen LogP contribution in [0.25, 0.3) is 0 Å². The molecule has 0 amide bonds. The van der Waals surface area contributed by atoms with E-state index in [1.807, 2.05) is 24.3 Å². The van der Waals surface area contributed by atoms with Crippen molar-refractivity contribution in [2.45, 2.75) is 43.4 Å². The van der Waals surface area contributed by atoms with Crippen LogP contribution in [-0.4, -0.2) is 39.7 Å². The van der Waals surface area contributed by atoms with Gasteiger partial charge in [0.25, 0.3) is 0 Å². The first-order valence-electron chi connectivity index (χ1n) is 10.8. The highest BCUT2D eigenvalue weighted by Gasteiger charge is 2.20. The number of carboxylic acid groups (broad SMARTS) is 1. The molecule has 7 nitrogen and oxygen atoms in total. The van der Waals surface area contributed by atoms with E-state index in [1.54, 1.807) is 7.11 Å². The molecule has 0 bridgehead atoms. The number of aromatic carboxylic acids is 1. The van der Waals surface area contributed by atoms with Crippen LogP contribution in [0.15, 0.2) is 59.0 Å². The molecule has 3 rings (SSSR count). The van der Waals surface area contributed by atoms with Crippen molar-refractivity contribution in [2.75, 3.05) is 25.5 Å². The molecule has 0 atom stereocenters. The van der Waals surface area contributed by atoms with Crippen molar-refractivity contribution in [3.8, 4) is 5.75 Å². The first-order valence-corrected chi connectivity index (χ1v) is 12.3. The summed E-state index contributed by atoms with van der Waals surface area (Å²) in [6.07, 6.45) is 8.19. The van der Waals surface area contributed by atoms with Crippen molar-refractivity contribution in [3.05, 3.63) is 65.2 Å². The number of ether oxygens (including phenoxy) is 1. The van der Waals surface area contributed by atoms with E-state index in [4.69, 9.17) is 4.74 Å². The average Bonchev–Trinajstić information content (AvgIpc) is 2.80. The second-order valence-electron chi connectivity index (χ2n) is 7.80. The summed E-state index contributed by atoms with van der Waals surface area (Å²) in [6.45, 7) is 0.783. The third-order valence-corrected chi connectivity index (χ3v) is 7.03. The molecule has 1 aliphatic rings. The Labute approximate surface area is 189 Å². The number of sulfonamides is 1. The van der Waals surface area contributed by atoms with E-state index in [0.717, 1.165) is 30.6 Å². The molecule has 0 aliphatic heterocycles. The van der Waals surface area contributed by atoms with Gasteiger partial charge in [0.1, 0.15) is 10.6 Å². The van der Waals surface area contributed by atoms with Crippen LogP contribution < -0.4 is 14.8 Å². The molecule has 2 aromatic rings. The maximum atomic E-state index is 13.0. The van der Waals surface area contributed by atoms with Gasteiger partial charge in [-0.15, -0.1) is 0 Å². The van der Waals surface area contributed by atoms with Crippen LogP contribution in [0.3, 0.4) is 0 Å². The Bertz CT molecular complexity index is 1060. The highest BCUT2D eigenvalue weighted by Crippen LogP contribution is 2.25. The molecule has 3 N–H and O–H groups in total. The number of carboxylic acids is 1. The zero-order valence-electron chi connectivity index (χ0n) is 18.3. The maximum absolute atomic E-state index is 13.0. The van der Waals surface area contributed by atoms with Gasteiger partial charge < -0.3 is 15.2 Å². The number of rotatable bonds is 11. The van der Waals surface area contributed by atoms with Gasteiger partial charge in [-0.05, 0) is 74.4 Å². The molecule has 8 heteroatoms. The lowest BCUT2D eigenvalue weighted by Crippen LogP contribution is -2.27. The van der Waals surface area contributed by atoms with Gasteiger partial charge >= 0.3 is 5.97 Å². The summed E-state index contributed by atoms with van der Waals surface area (Å²) in [6, 6.07) is 11.6. The predicted octanol–water partition coefficient (Wildman–Crippen LogP) is 4.22. The minimum absolute atomic E-state index is 0.0512. The number of anilines is 1. The van der Waals surface area contributed by atoms with Gasteiger partial charge in [0.2, 0.25) is 10.0 Å². The lowest BCUT2D eigenvalue weighted by atomic mass is 9.97. The molecule has 0 fully saturated rings. The summed E-state index contributed by atoms with van der Waals surface area (Å²) in [5.41, 5.74) is 2.68. The summed E-state index contributed by atoms with van der Waals surface area (Å²) in [7, 11) is -2.31. The molecule has 0 spiro atoms. The SMILES string of the molecule is COc1ccc(CCNS(=O)(=O)c2cc(C(=O)O)ccc2NCCC2=CCCCC2)cc1. The first-order chi connectivity index (χ1) is 15.4. The largest absolute Gasteiger partial charge is 0.497 e. The van der Waals surface area contributed by atoms with Crippen molar-refractivity contribution in [1.82, 2.24) is 4.72 Å². The monoisotopic (exact) mass is 458 g/mol. The second kappa shape index (κ2) is 11.2. The fourth-order valence-electron chi connectivity index (χ4n) is 3.71. The molecule has 0 unspecified atom stereocenters.